The van der Waals surface area contributed by atoms with Crippen molar-refractivity contribution in [2.45, 2.75) is 40.0 Å². The molecule has 0 aliphatic rings. The Kier molecular flexibility index (Phi) is 9.55. The van der Waals surface area contributed by atoms with Gasteiger partial charge in [-0.2, -0.15) is 0 Å². The lowest BCUT2D eigenvalue weighted by Crippen LogP contribution is -2.25. The summed E-state index contributed by atoms with van der Waals surface area (Å²) in [5.41, 5.74) is 2.56. The number of rotatable bonds is 11. The summed E-state index contributed by atoms with van der Waals surface area (Å²) in [6.07, 6.45) is 2.42. The van der Waals surface area contributed by atoms with Gasteiger partial charge in [-0.3, -0.25) is 14.4 Å². The van der Waals surface area contributed by atoms with Crippen LogP contribution in [0, 0.1) is 5.92 Å². The largest absolute Gasteiger partial charge is 0.376 e. The van der Waals surface area contributed by atoms with E-state index in [0.29, 0.717) is 30.1 Å². The third kappa shape index (κ3) is 8.90. The van der Waals surface area contributed by atoms with E-state index in [9.17, 15) is 14.4 Å². The normalized spacial score (nSPS) is 10.5. The number of amides is 3. The van der Waals surface area contributed by atoms with E-state index in [-0.39, 0.29) is 24.3 Å². The summed E-state index contributed by atoms with van der Waals surface area (Å²) in [6, 6.07) is 14.1. The molecule has 3 amide bonds. The average Bonchev–Trinajstić information content (AvgIpc) is 2.73. The van der Waals surface area contributed by atoms with E-state index in [1.54, 1.807) is 48.5 Å². The summed E-state index contributed by atoms with van der Waals surface area (Å²) >= 11 is 0. The van der Waals surface area contributed by atoms with Crippen molar-refractivity contribution in [3.8, 4) is 0 Å². The maximum atomic E-state index is 12.3. The van der Waals surface area contributed by atoms with Gasteiger partial charge < -0.3 is 21.3 Å². The number of benzene rings is 2. The molecule has 0 aliphatic heterocycles. The van der Waals surface area contributed by atoms with Gasteiger partial charge in [0, 0.05) is 35.6 Å². The molecule has 2 aromatic rings. The molecule has 31 heavy (non-hydrogen) atoms. The molecular formula is C24H32N4O3. The Morgan fingerprint density at radius 3 is 2.23 bits per heavy atom. The monoisotopic (exact) mass is 424 g/mol. The number of anilines is 3. The molecule has 2 aromatic carbocycles. The minimum absolute atomic E-state index is 0.0173. The molecule has 0 atom stereocenters. The van der Waals surface area contributed by atoms with E-state index in [1.165, 1.54) is 0 Å². The topological polar surface area (TPSA) is 99.3 Å². The van der Waals surface area contributed by atoms with E-state index >= 15 is 0 Å². The first-order valence-corrected chi connectivity index (χ1v) is 10.7. The summed E-state index contributed by atoms with van der Waals surface area (Å²) in [7, 11) is 0. The molecule has 0 radical (unpaired) electrons. The first-order chi connectivity index (χ1) is 14.9. The van der Waals surface area contributed by atoms with Crippen LogP contribution >= 0.6 is 0 Å². The highest BCUT2D eigenvalue weighted by atomic mass is 16.2. The van der Waals surface area contributed by atoms with Crippen LogP contribution in [0.1, 0.15) is 50.4 Å². The number of carbonyl (C=O) groups is 3. The smallest absolute Gasteiger partial charge is 0.251 e. The van der Waals surface area contributed by atoms with E-state index in [2.05, 4.69) is 28.2 Å². The molecule has 166 valence electrons. The van der Waals surface area contributed by atoms with Gasteiger partial charge >= 0.3 is 0 Å². The second kappa shape index (κ2) is 12.4. The first-order valence-electron chi connectivity index (χ1n) is 10.7. The van der Waals surface area contributed by atoms with Crippen LogP contribution in [0.5, 0.6) is 0 Å². The fourth-order valence-corrected chi connectivity index (χ4v) is 2.86. The van der Waals surface area contributed by atoms with Crippen LogP contribution in [0.2, 0.25) is 0 Å². The molecule has 0 fully saturated rings. The molecule has 0 saturated heterocycles. The van der Waals surface area contributed by atoms with Crippen molar-refractivity contribution < 1.29 is 14.4 Å². The minimum Gasteiger partial charge on any atom is -0.376 e. The number of carbonyl (C=O) groups excluding carboxylic acids is 3. The second-order valence-electron chi connectivity index (χ2n) is 7.82. The van der Waals surface area contributed by atoms with E-state index in [0.717, 1.165) is 24.2 Å². The Morgan fingerprint density at radius 1 is 0.871 bits per heavy atom. The van der Waals surface area contributed by atoms with Gasteiger partial charge in [-0.25, -0.2) is 0 Å². The summed E-state index contributed by atoms with van der Waals surface area (Å²) in [5, 5.41) is 11.5. The second-order valence-corrected chi connectivity index (χ2v) is 7.82. The lowest BCUT2D eigenvalue weighted by Gasteiger charge is -2.11. The van der Waals surface area contributed by atoms with Crippen LogP contribution in [0.3, 0.4) is 0 Å². The lowest BCUT2D eigenvalue weighted by molar-refractivity contribution is -0.117. The highest BCUT2D eigenvalue weighted by molar-refractivity contribution is 5.98. The average molecular weight is 425 g/mol. The van der Waals surface area contributed by atoms with Gasteiger partial charge in [-0.1, -0.05) is 33.3 Å². The number of unbranched alkanes of at least 4 members (excludes halogenated alkanes) is 1. The summed E-state index contributed by atoms with van der Waals surface area (Å²) in [6.45, 7) is 6.77. The van der Waals surface area contributed by atoms with Crippen LogP contribution in [-0.2, 0) is 9.59 Å². The van der Waals surface area contributed by atoms with Gasteiger partial charge in [-0.15, -0.1) is 0 Å². The quantitative estimate of drug-likeness (QED) is 0.405. The molecule has 4 N–H and O–H groups in total. The molecule has 0 spiro atoms. The van der Waals surface area contributed by atoms with Gasteiger partial charge in [-0.05, 0) is 54.8 Å². The molecule has 0 aromatic heterocycles. The third-order valence-electron chi connectivity index (χ3n) is 4.44. The zero-order chi connectivity index (χ0) is 22.6. The van der Waals surface area contributed by atoms with Crippen molar-refractivity contribution >= 4 is 34.8 Å². The SMILES string of the molecule is CCCCNC(=O)c1cccc(NC(=O)CNc2ccc(NC(=O)CC(C)C)cc2)c1. The minimum atomic E-state index is -0.224. The van der Waals surface area contributed by atoms with Gasteiger partial charge in [0.25, 0.3) is 5.91 Å². The van der Waals surface area contributed by atoms with E-state index < -0.39 is 0 Å². The van der Waals surface area contributed by atoms with Crippen LogP contribution in [0.15, 0.2) is 48.5 Å². The van der Waals surface area contributed by atoms with Crippen molar-refractivity contribution in [3.63, 3.8) is 0 Å². The van der Waals surface area contributed by atoms with Crippen LogP contribution in [0.4, 0.5) is 17.1 Å². The molecule has 0 unspecified atom stereocenters. The Hall–Kier alpha value is -3.35. The van der Waals surface area contributed by atoms with Crippen LogP contribution in [0.25, 0.3) is 0 Å². The fraction of sp³-hybridized carbons (Fsp3) is 0.375. The van der Waals surface area contributed by atoms with Gasteiger partial charge in [0.15, 0.2) is 0 Å². The molecular weight excluding hydrogens is 392 g/mol. The summed E-state index contributed by atoms with van der Waals surface area (Å²) in [4.78, 5) is 36.2. The number of hydrogen-bond acceptors (Lipinski definition) is 4. The molecule has 2 rings (SSSR count). The van der Waals surface area contributed by atoms with Gasteiger partial charge in [0.1, 0.15) is 0 Å². The zero-order valence-corrected chi connectivity index (χ0v) is 18.5. The van der Waals surface area contributed by atoms with Crippen molar-refractivity contribution in [1.29, 1.82) is 0 Å². The maximum absolute atomic E-state index is 12.3. The fourth-order valence-electron chi connectivity index (χ4n) is 2.86. The van der Waals surface area contributed by atoms with Crippen molar-refractivity contribution in [2.24, 2.45) is 5.92 Å². The third-order valence-corrected chi connectivity index (χ3v) is 4.44. The van der Waals surface area contributed by atoms with Gasteiger partial charge in [0.2, 0.25) is 11.8 Å². The highest BCUT2D eigenvalue weighted by Gasteiger charge is 2.08. The van der Waals surface area contributed by atoms with Crippen LogP contribution in [-0.4, -0.2) is 30.8 Å². The Balaban J connectivity index is 1.82. The standard InChI is InChI=1S/C24H32N4O3/c1-4-5-13-25-24(31)18-7-6-8-21(15-18)28-23(30)16-26-19-9-11-20(12-10-19)27-22(29)14-17(2)3/h6-12,15,17,26H,4-5,13-14,16H2,1-3H3,(H,25,31)(H,27,29)(H,28,30). The lowest BCUT2D eigenvalue weighted by atomic mass is 10.1. The van der Waals surface area contributed by atoms with E-state index in [1.807, 2.05) is 13.8 Å². The van der Waals surface area contributed by atoms with Gasteiger partial charge in [0.05, 0.1) is 6.54 Å². The number of hydrogen-bond donors (Lipinski definition) is 4. The zero-order valence-electron chi connectivity index (χ0n) is 18.5. The van der Waals surface area contributed by atoms with Crippen molar-refractivity contribution in [3.05, 3.63) is 54.1 Å². The Bertz CT molecular complexity index is 879. The number of nitrogens with one attached hydrogen (secondary N) is 4. The van der Waals surface area contributed by atoms with Crippen molar-refractivity contribution in [2.75, 3.05) is 29.0 Å². The molecule has 0 heterocycles. The highest BCUT2D eigenvalue weighted by Crippen LogP contribution is 2.15. The molecule has 0 saturated carbocycles. The van der Waals surface area contributed by atoms with E-state index in [4.69, 9.17) is 0 Å². The predicted molar refractivity (Wildman–Crippen MR) is 125 cm³/mol. The Morgan fingerprint density at radius 2 is 1.55 bits per heavy atom. The summed E-state index contributed by atoms with van der Waals surface area (Å²) < 4.78 is 0. The molecule has 7 nitrogen and oxygen atoms in total. The van der Waals surface area contributed by atoms with Crippen molar-refractivity contribution in [1.82, 2.24) is 5.32 Å². The van der Waals surface area contributed by atoms with Crippen LogP contribution < -0.4 is 21.3 Å². The molecule has 7 heteroatoms. The first kappa shape index (κ1) is 23.9. The molecule has 0 bridgehead atoms. The predicted octanol–water partition coefficient (Wildman–Crippen LogP) is 4.25. The molecule has 0 aliphatic carbocycles. The maximum Gasteiger partial charge on any atom is 0.251 e. The summed E-state index contributed by atoms with van der Waals surface area (Å²) in [5.74, 6) is -0.0898. The Labute approximate surface area is 184 Å².